The van der Waals surface area contributed by atoms with E-state index >= 15 is 0 Å². The highest BCUT2D eigenvalue weighted by atomic mass is 16.6. The van der Waals surface area contributed by atoms with Gasteiger partial charge in [-0.3, -0.25) is 4.99 Å². The van der Waals surface area contributed by atoms with Crippen molar-refractivity contribution in [3.63, 3.8) is 0 Å². The maximum absolute atomic E-state index is 12.4. The van der Waals surface area contributed by atoms with Crippen LogP contribution in [0.4, 0.5) is 4.79 Å². The van der Waals surface area contributed by atoms with Crippen LogP contribution in [0.3, 0.4) is 0 Å². The fourth-order valence-corrected chi connectivity index (χ4v) is 4.14. The molecule has 1 unspecified atom stereocenters. The molecule has 1 atom stereocenters. The Labute approximate surface area is 183 Å². The van der Waals surface area contributed by atoms with Gasteiger partial charge in [0.25, 0.3) is 0 Å². The second-order valence-electron chi connectivity index (χ2n) is 9.26. The van der Waals surface area contributed by atoms with Crippen LogP contribution in [0.25, 0.3) is 5.69 Å². The van der Waals surface area contributed by atoms with Gasteiger partial charge in [-0.1, -0.05) is 18.2 Å². The number of piperazine rings is 1. The van der Waals surface area contributed by atoms with Gasteiger partial charge in [-0.25, -0.2) is 9.48 Å². The van der Waals surface area contributed by atoms with Gasteiger partial charge in [-0.05, 0) is 52.3 Å². The van der Waals surface area contributed by atoms with Crippen molar-refractivity contribution >= 4 is 12.1 Å². The number of amides is 1. The minimum atomic E-state index is -0.480. The van der Waals surface area contributed by atoms with Crippen LogP contribution in [-0.4, -0.2) is 69.5 Å². The van der Waals surface area contributed by atoms with Crippen LogP contribution >= 0.6 is 0 Å². The summed E-state index contributed by atoms with van der Waals surface area (Å²) in [5.74, 6) is 0.900. The molecule has 0 radical (unpaired) electrons. The summed E-state index contributed by atoms with van der Waals surface area (Å²) in [5, 5.41) is 8.15. The summed E-state index contributed by atoms with van der Waals surface area (Å²) in [6.07, 6.45) is -0.243. The van der Waals surface area contributed by atoms with Gasteiger partial charge < -0.3 is 19.9 Å². The molecule has 2 aliphatic heterocycles. The predicted molar refractivity (Wildman–Crippen MR) is 120 cm³/mol. The normalized spacial score (nSPS) is 18.6. The Kier molecular flexibility index (Phi) is 5.64. The molecule has 0 spiro atoms. The number of nitrogens with one attached hydrogen (secondary N) is 1. The molecule has 1 fully saturated rings. The van der Waals surface area contributed by atoms with Gasteiger partial charge in [-0.2, -0.15) is 5.10 Å². The highest BCUT2D eigenvalue weighted by Crippen LogP contribution is 2.20. The number of benzene rings is 1. The predicted octanol–water partition coefficient (Wildman–Crippen LogP) is 2.87. The van der Waals surface area contributed by atoms with Gasteiger partial charge >= 0.3 is 6.09 Å². The molecule has 8 heteroatoms. The molecule has 1 aromatic carbocycles. The Morgan fingerprint density at radius 2 is 2.00 bits per heavy atom. The Morgan fingerprint density at radius 1 is 1.23 bits per heavy atom. The number of rotatable bonds is 3. The largest absolute Gasteiger partial charge is 0.444 e. The van der Waals surface area contributed by atoms with Crippen molar-refractivity contribution in [2.24, 2.45) is 4.99 Å². The first-order chi connectivity index (χ1) is 14.7. The summed E-state index contributed by atoms with van der Waals surface area (Å²) >= 11 is 0. The molecule has 1 aromatic heterocycles. The lowest BCUT2D eigenvalue weighted by molar-refractivity contribution is 0.0137. The average molecular weight is 425 g/mol. The van der Waals surface area contributed by atoms with Crippen molar-refractivity contribution in [2.75, 3.05) is 26.2 Å². The van der Waals surface area contributed by atoms with Crippen molar-refractivity contribution in [3.8, 4) is 5.69 Å². The van der Waals surface area contributed by atoms with Gasteiger partial charge in [0.2, 0.25) is 0 Å². The van der Waals surface area contributed by atoms with E-state index in [0.717, 1.165) is 35.1 Å². The maximum atomic E-state index is 12.4. The monoisotopic (exact) mass is 424 g/mol. The SMILES string of the molecule is Cc1cc(C)n(-c2ccccc2CNC2=NCC3CN(C(=O)OC(C)(C)C)CCN23)n1. The topological polar surface area (TPSA) is 75.0 Å². The highest BCUT2D eigenvalue weighted by Gasteiger charge is 2.36. The van der Waals surface area contributed by atoms with E-state index in [1.807, 2.05) is 44.5 Å². The maximum Gasteiger partial charge on any atom is 0.410 e. The Hall–Kier alpha value is -3.03. The van der Waals surface area contributed by atoms with Crippen LogP contribution in [0.15, 0.2) is 35.3 Å². The van der Waals surface area contributed by atoms with Crippen LogP contribution in [0.1, 0.15) is 37.7 Å². The lowest BCUT2D eigenvalue weighted by Gasteiger charge is -2.39. The number of hydrogen-bond acceptors (Lipinski definition) is 6. The van der Waals surface area contributed by atoms with Crippen LogP contribution in [0.5, 0.6) is 0 Å². The third kappa shape index (κ3) is 4.68. The van der Waals surface area contributed by atoms with Crippen molar-refractivity contribution in [3.05, 3.63) is 47.3 Å². The molecule has 1 N–H and O–H groups in total. The van der Waals surface area contributed by atoms with Gasteiger partial charge in [-0.15, -0.1) is 0 Å². The number of nitrogens with zero attached hydrogens (tertiary/aromatic N) is 5. The molecule has 1 amide bonds. The van der Waals surface area contributed by atoms with Crippen molar-refractivity contribution in [2.45, 2.75) is 52.8 Å². The number of aromatic nitrogens is 2. The van der Waals surface area contributed by atoms with Gasteiger partial charge in [0, 0.05) is 31.9 Å². The van der Waals surface area contributed by atoms with Gasteiger partial charge in [0.1, 0.15) is 5.60 Å². The summed E-state index contributed by atoms with van der Waals surface area (Å²) in [7, 11) is 0. The van der Waals surface area contributed by atoms with Crippen LogP contribution in [0, 0.1) is 13.8 Å². The number of fused-ring (bicyclic) bond motifs is 1. The lowest BCUT2D eigenvalue weighted by Crippen LogP contribution is -2.57. The molecule has 8 nitrogen and oxygen atoms in total. The van der Waals surface area contributed by atoms with Crippen molar-refractivity contribution in [1.82, 2.24) is 24.9 Å². The van der Waals surface area contributed by atoms with E-state index in [0.29, 0.717) is 26.2 Å². The minimum absolute atomic E-state index is 0.190. The molecule has 0 saturated carbocycles. The first-order valence-corrected chi connectivity index (χ1v) is 10.9. The Morgan fingerprint density at radius 3 is 2.71 bits per heavy atom. The van der Waals surface area contributed by atoms with E-state index in [9.17, 15) is 4.79 Å². The molecule has 2 aliphatic rings. The van der Waals surface area contributed by atoms with E-state index in [-0.39, 0.29) is 12.1 Å². The molecule has 31 heavy (non-hydrogen) atoms. The van der Waals surface area contributed by atoms with E-state index in [2.05, 4.69) is 40.4 Å². The molecular weight excluding hydrogens is 392 g/mol. The zero-order chi connectivity index (χ0) is 22.2. The number of aliphatic imine (C=N–C) groups is 1. The second-order valence-corrected chi connectivity index (χ2v) is 9.26. The zero-order valence-electron chi connectivity index (χ0n) is 19.1. The van der Waals surface area contributed by atoms with E-state index in [4.69, 9.17) is 9.73 Å². The number of para-hydroxylation sites is 1. The molecular formula is C23H32N6O2. The Balaban J connectivity index is 1.39. The van der Waals surface area contributed by atoms with Crippen LogP contribution < -0.4 is 5.32 Å². The molecule has 2 aromatic rings. The standard InChI is InChI=1S/C23H32N6O2/c1-16-12-17(2)29(26-16)20-9-7-6-8-18(20)13-24-21-25-14-19-15-27(10-11-28(19)21)22(30)31-23(3,4)5/h6-9,12,19H,10-11,13-15H2,1-5H3,(H,24,25). The summed E-state index contributed by atoms with van der Waals surface area (Å²) < 4.78 is 7.52. The average Bonchev–Trinajstić information content (AvgIpc) is 3.27. The van der Waals surface area contributed by atoms with Crippen molar-refractivity contribution in [1.29, 1.82) is 0 Å². The second kappa shape index (κ2) is 8.24. The molecule has 0 aliphatic carbocycles. The smallest absolute Gasteiger partial charge is 0.410 e. The molecule has 166 valence electrons. The van der Waals surface area contributed by atoms with Gasteiger partial charge in [0.05, 0.1) is 24.0 Å². The van der Waals surface area contributed by atoms with Crippen LogP contribution in [0.2, 0.25) is 0 Å². The third-order valence-corrected chi connectivity index (χ3v) is 5.52. The zero-order valence-corrected chi connectivity index (χ0v) is 19.1. The quantitative estimate of drug-likeness (QED) is 0.820. The number of hydrogen-bond donors (Lipinski definition) is 1. The number of ether oxygens (including phenoxy) is 1. The summed E-state index contributed by atoms with van der Waals surface area (Å²) in [5.41, 5.74) is 3.87. The lowest BCUT2D eigenvalue weighted by atomic mass is 10.1. The molecule has 0 bridgehead atoms. The first kappa shape index (κ1) is 21.2. The summed E-state index contributed by atoms with van der Waals surface area (Å²) in [6, 6.07) is 10.6. The Bertz CT molecular complexity index is 990. The number of carbonyl (C=O) groups excluding carboxylic acids is 1. The molecule has 1 saturated heterocycles. The summed E-state index contributed by atoms with van der Waals surface area (Å²) in [4.78, 5) is 21.2. The summed E-state index contributed by atoms with van der Waals surface area (Å²) in [6.45, 7) is 13.1. The molecule has 4 rings (SSSR count). The number of carbonyl (C=O) groups is 1. The number of guanidine groups is 1. The van der Waals surface area contributed by atoms with E-state index in [1.54, 1.807) is 4.90 Å². The van der Waals surface area contributed by atoms with E-state index < -0.39 is 5.60 Å². The fourth-order valence-electron chi connectivity index (χ4n) is 4.14. The van der Waals surface area contributed by atoms with Crippen molar-refractivity contribution < 1.29 is 9.53 Å². The van der Waals surface area contributed by atoms with Gasteiger partial charge in [0.15, 0.2) is 5.96 Å². The van der Waals surface area contributed by atoms with Crippen LogP contribution in [-0.2, 0) is 11.3 Å². The van der Waals surface area contributed by atoms with E-state index in [1.165, 1.54) is 0 Å². The minimum Gasteiger partial charge on any atom is -0.444 e. The fraction of sp³-hybridized carbons (Fsp3) is 0.522. The third-order valence-electron chi connectivity index (χ3n) is 5.52. The molecule has 3 heterocycles. The number of aryl methyl sites for hydroxylation is 2. The highest BCUT2D eigenvalue weighted by molar-refractivity contribution is 5.82. The first-order valence-electron chi connectivity index (χ1n) is 10.9.